The van der Waals surface area contributed by atoms with Gasteiger partial charge in [-0.25, -0.2) is 0 Å². The second-order valence-corrected chi connectivity index (χ2v) is 10.4. The van der Waals surface area contributed by atoms with Crippen LogP contribution in [0.4, 0.5) is 0 Å². The summed E-state index contributed by atoms with van der Waals surface area (Å²) in [5.74, 6) is 0.161. The van der Waals surface area contributed by atoms with Crippen LogP contribution in [-0.2, 0) is 22.6 Å². The molecular formula is C29H30BrClN2O3. The summed E-state index contributed by atoms with van der Waals surface area (Å²) in [6.07, 6.45) is 4.55. The van der Waals surface area contributed by atoms with E-state index in [9.17, 15) is 9.59 Å². The van der Waals surface area contributed by atoms with Crippen LogP contribution in [0.5, 0.6) is 5.75 Å². The fourth-order valence-corrected chi connectivity index (χ4v) is 4.95. The van der Waals surface area contributed by atoms with Crippen molar-refractivity contribution in [3.63, 3.8) is 0 Å². The van der Waals surface area contributed by atoms with Gasteiger partial charge in [-0.2, -0.15) is 0 Å². The van der Waals surface area contributed by atoms with Gasteiger partial charge in [0.25, 0.3) is 5.91 Å². The number of ether oxygens (including phenoxy) is 1. The van der Waals surface area contributed by atoms with Crippen molar-refractivity contribution < 1.29 is 14.3 Å². The SMILES string of the molecule is O=C(NC1CCCC1)[C@@H](Cc1ccccc1)N(Cc1ccccc1Cl)C(=O)COc1ccc(Br)cc1. The standard InChI is InChI=1S/C29H30BrClN2O3/c30-23-14-16-25(17-15-23)36-20-28(34)33(19-22-10-4-7-13-26(22)31)27(18-21-8-2-1-3-9-21)29(35)32-24-11-5-6-12-24/h1-4,7-10,13-17,24,27H,5-6,11-12,18-20H2,(H,32,35)/t27-/m1/s1. The second-order valence-electron chi connectivity index (χ2n) is 9.05. The summed E-state index contributed by atoms with van der Waals surface area (Å²) < 4.78 is 6.73. The minimum absolute atomic E-state index is 0.144. The lowest BCUT2D eigenvalue weighted by Gasteiger charge is -2.32. The Morgan fingerprint density at radius 2 is 1.64 bits per heavy atom. The summed E-state index contributed by atoms with van der Waals surface area (Å²) in [4.78, 5) is 28.9. The number of carbonyl (C=O) groups is 2. The van der Waals surface area contributed by atoms with Crippen molar-refractivity contribution >= 4 is 39.3 Å². The Morgan fingerprint density at radius 1 is 0.972 bits per heavy atom. The second kappa shape index (κ2) is 12.9. The summed E-state index contributed by atoms with van der Waals surface area (Å²) in [7, 11) is 0. The summed E-state index contributed by atoms with van der Waals surface area (Å²) in [6, 6.07) is 23.9. The summed E-state index contributed by atoms with van der Waals surface area (Å²) in [6.45, 7) is 0.0197. The minimum atomic E-state index is -0.703. The molecule has 1 aliphatic carbocycles. The van der Waals surface area contributed by atoms with Crippen LogP contribution in [0.2, 0.25) is 5.02 Å². The number of hydrogen-bond donors (Lipinski definition) is 1. The zero-order valence-electron chi connectivity index (χ0n) is 20.0. The molecule has 0 aliphatic heterocycles. The van der Waals surface area contributed by atoms with Crippen molar-refractivity contribution in [1.82, 2.24) is 10.2 Å². The van der Waals surface area contributed by atoms with Crippen LogP contribution in [0, 0.1) is 0 Å². The molecule has 1 saturated carbocycles. The van der Waals surface area contributed by atoms with E-state index < -0.39 is 6.04 Å². The molecule has 3 aromatic rings. The molecule has 1 N–H and O–H groups in total. The number of amides is 2. The Morgan fingerprint density at radius 3 is 2.33 bits per heavy atom. The molecule has 0 saturated heterocycles. The molecule has 4 rings (SSSR count). The minimum Gasteiger partial charge on any atom is -0.484 e. The fourth-order valence-electron chi connectivity index (χ4n) is 4.49. The Labute approximate surface area is 225 Å². The average Bonchev–Trinajstić information content (AvgIpc) is 3.40. The van der Waals surface area contributed by atoms with Crippen molar-refractivity contribution in [1.29, 1.82) is 0 Å². The molecule has 0 bridgehead atoms. The Bertz CT molecular complexity index is 1150. The largest absolute Gasteiger partial charge is 0.484 e. The highest BCUT2D eigenvalue weighted by atomic mass is 79.9. The molecule has 0 unspecified atom stereocenters. The van der Waals surface area contributed by atoms with Gasteiger partial charge in [-0.15, -0.1) is 0 Å². The van der Waals surface area contributed by atoms with Crippen molar-refractivity contribution in [2.24, 2.45) is 0 Å². The number of rotatable bonds is 10. The highest BCUT2D eigenvalue weighted by molar-refractivity contribution is 9.10. The lowest BCUT2D eigenvalue weighted by Crippen LogP contribution is -2.53. The average molecular weight is 570 g/mol. The van der Waals surface area contributed by atoms with Gasteiger partial charge in [0.15, 0.2) is 6.61 Å². The highest BCUT2D eigenvalue weighted by Crippen LogP contribution is 2.23. The van der Waals surface area contributed by atoms with Gasteiger partial charge in [-0.05, 0) is 54.3 Å². The zero-order valence-corrected chi connectivity index (χ0v) is 22.4. The first kappa shape index (κ1) is 26.2. The lowest BCUT2D eigenvalue weighted by molar-refractivity contribution is -0.143. The molecule has 5 nitrogen and oxygen atoms in total. The Hall–Kier alpha value is -2.83. The molecule has 0 spiro atoms. The van der Waals surface area contributed by atoms with E-state index in [-0.39, 0.29) is 31.0 Å². The third-order valence-corrected chi connectivity index (χ3v) is 7.34. The predicted octanol–water partition coefficient (Wildman–Crippen LogP) is 6.18. The van der Waals surface area contributed by atoms with E-state index in [4.69, 9.17) is 16.3 Å². The van der Waals surface area contributed by atoms with Crippen LogP contribution in [0.15, 0.2) is 83.3 Å². The topological polar surface area (TPSA) is 58.6 Å². The van der Waals surface area contributed by atoms with E-state index in [1.54, 1.807) is 23.1 Å². The normalized spacial score (nSPS) is 14.3. The van der Waals surface area contributed by atoms with Gasteiger partial charge in [-0.1, -0.05) is 88.9 Å². The molecule has 0 aromatic heterocycles. The Kier molecular flexibility index (Phi) is 9.42. The third kappa shape index (κ3) is 7.34. The van der Waals surface area contributed by atoms with Gasteiger partial charge in [0.2, 0.25) is 5.91 Å². The first-order valence-corrected chi connectivity index (χ1v) is 13.4. The maximum Gasteiger partial charge on any atom is 0.261 e. The van der Waals surface area contributed by atoms with E-state index in [1.807, 2.05) is 60.7 Å². The van der Waals surface area contributed by atoms with Crippen LogP contribution in [0.1, 0.15) is 36.8 Å². The molecule has 2 amide bonds. The first-order valence-electron chi connectivity index (χ1n) is 12.2. The third-order valence-electron chi connectivity index (χ3n) is 6.45. The van der Waals surface area contributed by atoms with Gasteiger partial charge in [0.1, 0.15) is 11.8 Å². The van der Waals surface area contributed by atoms with Crippen LogP contribution < -0.4 is 10.1 Å². The maximum atomic E-state index is 13.7. The molecule has 1 aliphatic rings. The Balaban J connectivity index is 1.61. The highest BCUT2D eigenvalue weighted by Gasteiger charge is 2.32. The van der Waals surface area contributed by atoms with Crippen molar-refractivity contribution in [2.75, 3.05) is 6.61 Å². The van der Waals surface area contributed by atoms with Crippen LogP contribution in [0.3, 0.4) is 0 Å². The maximum absolute atomic E-state index is 13.7. The van der Waals surface area contributed by atoms with E-state index in [0.717, 1.165) is 41.3 Å². The molecule has 36 heavy (non-hydrogen) atoms. The fraction of sp³-hybridized carbons (Fsp3) is 0.310. The number of hydrogen-bond acceptors (Lipinski definition) is 3. The van der Waals surface area contributed by atoms with Crippen LogP contribution in [0.25, 0.3) is 0 Å². The molecule has 3 aromatic carbocycles. The monoisotopic (exact) mass is 568 g/mol. The number of nitrogens with zero attached hydrogens (tertiary/aromatic N) is 1. The first-order chi connectivity index (χ1) is 17.5. The van der Waals surface area contributed by atoms with E-state index in [2.05, 4.69) is 21.2 Å². The molecule has 188 valence electrons. The van der Waals surface area contributed by atoms with E-state index in [0.29, 0.717) is 17.2 Å². The predicted molar refractivity (Wildman–Crippen MR) is 146 cm³/mol. The zero-order chi connectivity index (χ0) is 25.3. The quantitative estimate of drug-likeness (QED) is 0.317. The van der Waals surface area contributed by atoms with Gasteiger partial charge in [0, 0.05) is 28.5 Å². The number of halogens is 2. The number of benzene rings is 3. The lowest BCUT2D eigenvalue weighted by atomic mass is 10.0. The van der Waals surface area contributed by atoms with Gasteiger partial charge >= 0.3 is 0 Å². The number of carbonyl (C=O) groups excluding carboxylic acids is 2. The summed E-state index contributed by atoms with van der Waals surface area (Å²) in [5.41, 5.74) is 1.76. The molecular weight excluding hydrogens is 540 g/mol. The molecule has 1 atom stereocenters. The van der Waals surface area contributed by atoms with Crippen molar-refractivity contribution in [3.05, 3.63) is 99.5 Å². The molecule has 0 heterocycles. The summed E-state index contributed by atoms with van der Waals surface area (Å²) >= 11 is 9.88. The number of nitrogens with one attached hydrogen (secondary N) is 1. The van der Waals surface area contributed by atoms with E-state index in [1.165, 1.54) is 0 Å². The smallest absolute Gasteiger partial charge is 0.261 e. The van der Waals surface area contributed by atoms with Crippen molar-refractivity contribution in [2.45, 2.75) is 50.7 Å². The molecule has 1 fully saturated rings. The van der Waals surface area contributed by atoms with E-state index >= 15 is 0 Å². The van der Waals surface area contributed by atoms with Gasteiger partial charge in [0.05, 0.1) is 0 Å². The van der Waals surface area contributed by atoms with Crippen molar-refractivity contribution in [3.8, 4) is 5.75 Å². The molecule has 7 heteroatoms. The van der Waals surface area contributed by atoms with Crippen LogP contribution in [-0.4, -0.2) is 35.4 Å². The molecule has 0 radical (unpaired) electrons. The van der Waals surface area contributed by atoms with Gasteiger partial charge in [-0.3, -0.25) is 9.59 Å². The summed E-state index contributed by atoms with van der Waals surface area (Å²) in [5, 5.41) is 3.76. The van der Waals surface area contributed by atoms with Gasteiger partial charge < -0.3 is 15.0 Å². The van der Waals surface area contributed by atoms with Crippen LogP contribution >= 0.6 is 27.5 Å².